The van der Waals surface area contributed by atoms with Gasteiger partial charge in [-0.3, -0.25) is 9.69 Å². The number of thiazole rings is 1. The van der Waals surface area contributed by atoms with Gasteiger partial charge >= 0.3 is 0 Å². The zero-order valence-electron chi connectivity index (χ0n) is 23.0. The maximum Gasteiger partial charge on any atom is 0.260 e. The lowest BCUT2D eigenvalue weighted by Gasteiger charge is -2.25. The molecule has 1 aliphatic rings. The zero-order valence-corrected chi connectivity index (χ0v) is 25.4. The number of anilines is 1. The second-order valence-electron chi connectivity index (χ2n) is 9.39. The molecule has 1 saturated heterocycles. The molecule has 0 radical (unpaired) electrons. The highest BCUT2D eigenvalue weighted by molar-refractivity contribution is 7.89. The van der Waals surface area contributed by atoms with Crippen LogP contribution < -0.4 is 9.64 Å². The molecular formula is C28H39ClN4O4S2. The van der Waals surface area contributed by atoms with Crippen LogP contribution >= 0.6 is 23.7 Å². The minimum absolute atomic E-state index is 0. The molecule has 214 valence electrons. The quantitative estimate of drug-likeness (QED) is 0.284. The molecule has 0 aliphatic carbocycles. The Morgan fingerprint density at radius 3 is 2.26 bits per heavy atom. The summed E-state index contributed by atoms with van der Waals surface area (Å²) in [6, 6.07) is 12.1. The van der Waals surface area contributed by atoms with Gasteiger partial charge in [0.15, 0.2) is 5.13 Å². The molecule has 1 aliphatic heterocycles. The van der Waals surface area contributed by atoms with Gasteiger partial charge in [0, 0.05) is 31.7 Å². The highest BCUT2D eigenvalue weighted by atomic mass is 35.5. The molecule has 39 heavy (non-hydrogen) atoms. The lowest BCUT2D eigenvalue weighted by Crippen LogP contribution is -2.39. The van der Waals surface area contributed by atoms with E-state index < -0.39 is 10.0 Å². The van der Waals surface area contributed by atoms with E-state index in [2.05, 4.69) is 18.7 Å². The number of fused-ring (bicyclic) bond motifs is 1. The van der Waals surface area contributed by atoms with E-state index in [0.717, 1.165) is 54.7 Å². The summed E-state index contributed by atoms with van der Waals surface area (Å²) in [6.45, 7) is 10.8. The Kier molecular flexibility index (Phi) is 11.6. The number of rotatable bonds is 11. The third kappa shape index (κ3) is 7.49. The van der Waals surface area contributed by atoms with Crippen molar-refractivity contribution in [1.29, 1.82) is 0 Å². The molecule has 0 spiro atoms. The van der Waals surface area contributed by atoms with E-state index in [1.54, 1.807) is 33.5 Å². The number of nitrogens with zero attached hydrogens (tertiary/aromatic N) is 4. The fourth-order valence-electron chi connectivity index (χ4n) is 4.69. The van der Waals surface area contributed by atoms with Crippen LogP contribution in [-0.2, 0) is 10.0 Å². The van der Waals surface area contributed by atoms with Gasteiger partial charge in [0.2, 0.25) is 10.0 Å². The number of amides is 1. The van der Waals surface area contributed by atoms with Gasteiger partial charge in [-0.1, -0.05) is 38.0 Å². The third-order valence-electron chi connectivity index (χ3n) is 6.97. The minimum atomic E-state index is -3.58. The lowest BCUT2D eigenvalue weighted by molar-refractivity contribution is 0.0983. The van der Waals surface area contributed by atoms with Gasteiger partial charge in [-0.05, 0) is 75.3 Å². The molecule has 1 fully saturated rings. The van der Waals surface area contributed by atoms with Crippen LogP contribution in [0.25, 0.3) is 10.2 Å². The molecule has 1 amide bonds. The van der Waals surface area contributed by atoms with E-state index in [0.29, 0.717) is 43.5 Å². The summed E-state index contributed by atoms with van der Waals surface area (Å²) in [5.41, 5.74) is 1.25. The van der Waals surface area contributed by atoms with Crippen LogP contribution in [0.3, 0.4) is 0 Å². The molecule has 0 saturated carbocycles. The van der Waals surface area contributed by atoms with Crippen LogP contribution in [0.2, 0.25) is 0 Å². The van der Waals surface area contributed by atoms with Gasteiger partial charge in [-0.15, -0.1) is 12.4 Å². The Labute approximate surface area is 242 Å². The predicted octanol–water partition coefficient (Wildman–Crippen LogP) is 5.67. The van der Waals surface area contributed by atoms with Crippen molar-refractivity contribution in [3.05, 3.63) is 48.0 Å². The van der Waals surface area contributed by atoms with E-state index in [9.17, 15) is 13.2 Å². The van der Waals surface area contributed by atoms with Crippen LogP contribution in [0.5, 0.6) is 5.75 Å². The standard InChI is InChI=1S/C28H38N4O4S2.ClH/c1-4-30(5-2)19-20-32(28-29-25-16-13-23(36-6-3)21-26(25)37-28)27(33)22-11-14-24(15-12-22)38(34,35)31-17-9-7-8-10-18-31;/h11-16,21H,4-10,17-20H2,1-3H3;1H. The number of ether oxygens (including phenoxy) is 1. The maximum atomic E-state index is 13.8. The first-order valence-electron chi connectivity index (χ1n) is 13.5. The van der Waals surface area contributed by atoms with E-state index in [-0.39, 0.29) is 23.2 Å². The Hall–Kier alpha value is -2.24. The van der Waals surface area contributed by atoms with Crippen molar-refractivity contribution in [2.45, 2.75) is 51.3 Å². The summed E-state index contributed by atoms with van der Waals surface area (Å²) in [5.74, 6) is 0.581. The minimum Gasteiger partial charge on any atom is -0.494 e. The summed E-state index contributed by atoms with van der Waals surface area (Å²) in [6.07, 6.45) is 3.88. The van der Waals surface area contributed by atoms with Gasteiger partial charge < -0.3 is 9.64 Å². The van der Waals surface area contributed by atoms with Gasteiger partial charge in [-0.25, -0.2) is 13.4 Å². The van der Waals surface area contributed by atoms with Crippen LogP contribution in [0.1, 0.15) is 56.8 Å². The van der Waals surface area contributed by atoms with E-state index in [4.69, 9.17) is 9.72 Å². The largest absolute Gasteiger partial charge is 0.494 e. The molecule has 0 N–H and O–H groups in total. The number of hydrogen-bond donors (Lipinski definition) is 0. The van der Waals surface area contributed by atoms with Crippen LogP contribution in [-0.4, -0.2) is 74.4 Å². The van der Waals surface area contributed by atoms with Crippen molar-refractivity contribution >= 4 is 55.0 Å². The summed E-state index contributed by atoms with van der Waals surface area (Å²) in [7, 11) is -3.58. The van der Waals surface area contributed by atoms with Crippen LogP contribution in [0.15, 0.2) is 47.4 Å². The number of carbonyl (C=O) groups excluding carboxylic acids is 1. The highest BCUT2D eigenvalue weighted by Gasteiger charge is 2.27. The number of sulfonamides is 1. The molecule has 2 aromatic carbocycles. The predicted molar refractivity (Wildman–Crippen MR) is 161 cm³/mol. The lowest BCUT2D eigenvalue weighted by atomic mass is 10.2. The average molecular weight is 595 g/mol. The maximum absolute atomic E-state index is 13.8. The van der Waals surface area contributed by atoms with Crippen LogP contribution in [0.4, 0.5) is 5.13 Å². The van der Waals surface area contributed by atoms with Crippen molar-refractivity contribution in [1.82, 2.24) is 14.2 Å². The number of aromatic nitrogens is 1. The second-order valence-corrected chi connectivity index (χ2v) is 12.3. The Morgan fingerprint density at radius 2 is 1.64 bits per heavy atom. The van der Waals surface area contributed by atoms with Gasteiger partial charge in [0.1, 0.15) is 5.75 Å². The SMILES string of the molecule is CCOc1ccc2nc(N(CCN(CC)CC)C(=O)c3ccc(S(=O)(=O)N4CCCCCC4)cc3)sc2c1.Cl. The summed E-state index contributed by atoms with van der Waals surface area (Å²) in [5, 5.41) is 0.618. The normalized spacial score (nSPS) is 14.7. The molecule has 0 bridgehead atoms. The van der Waals surface area contributed by atoms with E-state index >= 15 is 0 Å². The second kappa shape index (κ2) is 14.4. The monoisotopic (exact) mass is 594 g/mol. The molecule has 3 aromatic rings. The van der Waals surface area contributed by atoms with Crippen molar-refractivity contribution in [3.63, 3.8) is 0 Å². The average Bonchev–Trinajstić information content (AvgIpc) is 3.14. The number of benzene rings is 2. The van der Waals surface area contributed by atoms with Gasteiger partial charge in [0.05, 0.1) is 21.7 Å². The number of hydrogen-bond acceptors (Lipinski definition) is 7. The number of halogens is 1. The number of likely N-dealkylation sites (N-methyl/N-ethyl adjacent to an activating group) is 1. The van der Waals surface area contributed by atoms with Crippen molar-refractivity contribution in [2.75, 3.05) is 50.8 Å². The molecule has 4 rings (SSSR count). The summed E-state index contributed by atoms with van der Waals surface area (Å²) < 4.78 is 34.6. The Balaban J connectivity index is 0.00000420. The van der Waals surface area contributed by atoms with Gasteiger partial charge in [-0.2, -0.15) is 4.31 Å². The molecular weight excluding hydrogens is 556 g/mol. The first-order chi connectivity index (χ1) is 18.4. The van der Waals surface area contributed by atoms with E-state index in [1.807, 2.05) is 25.1 Å². The van der Waals surface area contributed by atoms with E-state index in [1.165, 1.54) is 11.3 Å². The van der Waals surface area contributed by atoms with Crippen molar-refractivity contribution in [3.8, 4) is 5.75 Å². The highest BCUT2D eigenvalue weighted by Crippen LogP contribution is 2.32. The Bertz CT molecular complexity index is 1320. The first-order valence-corrected chi connectivity index (χ1v) is 15.8. The molecule has 8 nitrogen and oxygen atoms in total. The van der Waals surface area contributed by atoms with Gasteiger partial charge in [0.25, 0.3) is 5.91 Å². The molecule has 0 unspecified atom stereocenters. The van der Waals surface area contributed by atoms with Crippen molar-refractivity contribution in [2.24, 2.45) is 0 Å². The Morgan fingerprint density at radius 1 is 0.974 bits per heavy atom. The van der Waals surface area contributed by atoms with Crippen LogP contribution in [0, 0.1) is 0 Å². The first kappa shape index (κ1) is 31.3. The third-order valence-corrected chi connectivity index (χ3v) is 9.93. The fourth-order valence-corrected chi connectivity index (χ4v) is 7.22. The molecule has 0 atom stereocenters. The topological polar surface area (TPSA) is 83.0 Å². The molecule has 2 heterocycles. The van der Waals surface area contributed by atoms with Crippen molar-refractivity contribution < 1.29 is 17.9 Å². The summed E-state index contributed by atoms with van der Waals surface area (Å²) >= 11 is 1.46. The smallest absolute Gasteiger partial charge is 0.260 e. The molecule has 11 heteroatoms. The summed E-state index contributed by atoms with van der Waals surface area (Å²) in [4.78, 5) is 22.7. The zero-order chi connectivity index (χ0) is 27.1. The molecule has 1 aromatic heterocycles. The number of carbonyl (C=O) groups is 1. The fraction of sp³-hybridized carbons (Fsp3) is 0.500.